The molecule has 9 unspecified atom stereocenters. The van der Waals surface area contributed by atoms with Crippen molar-refractivity contribution in [3.63, 3.8) is 0 Å². The molecule has 11 fully saturated rings. The molecule has 0 saturated carbocycles. The third-order valence-electron chi connectivity index (χ3n) is 27.2. The second-order valence-electron chi connectivity index (χ2n) is 57.8. The van der Waals surface area contributed by atoms with Crippen LogP contribution in [0.4, 0.5) is 0 Å². The molecule has 0 aliphatic carbocycles. The van der Waals surface area contributed by atoms with Crippen LogP contribution in [0.1, 0.15) is 405 Å². The van der Waals surface area contributed by atoms with Gasteiger partial charge >= 0.3 is 0 Å². The number of hydrogen-bond donors (Lipinski definition) is 4. The topological polar surface area (TPSA) is 158 Å². The van der Waals surface area contributed by atoms with E-state index in [9.17, 15) is 4.79 Å². The van der Waals surface area contributed by atoms with Gasteiger partial charge in [0.2, 0.25) is 0 Å². The number of nitrogens with one attached hydrogen (secondary N) is 3. The van der Waals surface area contributed by atoms with Crippen molar-refractivity contribution in [1.82, 2.24) is 60.0 Å². The number of thioether (sulfide) groups is 1. The third kappa shape index (κ3) is 88.7. The lowest BCUT2D eigenvalue weighted by molar-refractivity contribution is -0.122. The Morgan fingerprint density at radius 3 is 1.23 bits per heavy atom. The predicted molar refractivity (Wildman–Crippen MR) is 623 cm³/mol. The van der Waals surface area contributed by atoms with Crippen molar-refractivity contribution >= 4 is 17.5 Å². The number of nitrogens with zero attached hydrogens (tertiary/aromatic N) is 9. The van der Waals surface area contributed by atoms with E-state index in [1.165, 1.54) is 219 Å². The Hall–Kier alpha value is -0.740. The summed E-state index contributed by atoms with van der Waals surface area (Å²) in [6.45, 7) is 123. The molecule has 11 saturated heterocycles. The minimum absolute atomic E-state index is 0. The number of ether oxygens (including phenoxy) is 6. The van der Waals surface area contributed by atoms with Crippen molar-refractivity contribution < 1.29 is 38.3 Å². The van der Waals surface area contributed by atoms with Gasteiger partial charge in [0.15, 0.2) is 0 Å². The molecule has 21 heteroatoms. The highest BCUT2D eigenvalue weighted by Crippen LogP contribution is 2.33. The van der Waals surface area contributed by atoms with Crippen LogP contribution in [0.3, 0.4) is 0 Å². The van der Waals surface area contributed by atoms with Crippen LogP contribution >= 0.6 is 11.8 Å². The Labute approximate surface area is 891 Å². The normalized spacial score (nSPS) is 25.0. The lowest BCUT2D eigenvalue weighted by Crippen LogP contribution is -2.50. The summed E-state index contributed by atoms with van der Waals surface area (Å²) < 4.78 is 33.9. The van der Waals surface area contributed by atoms with Crippen molar-refractivity contribution in [2.75, 3.05) is 262 Å². The summed E-state index contributed by atoms with van der Waals surface area (Å²) in [5.41, 5.74) is 4.79. The largest absolute Gasteiger partial charge is 0.395 e. The molecule has 142 heavy (non-hydrogen) atoms. The third-order valence-corrected chi connectivity index (χ3v) is 28.4. The first-order valence-corrected chi connectivity index (χ1v) is 59.3. The number of piperidine rings is 2. The number of unbranched alkanes of at least 4 members (excludes halogenated alkanes) is 1. The fourth-order valence-electron chi connectivity index (χ4n) is 19.5. The van der Waals surface area contributed by atoms with Crippen molar-refractivity contribution in [2.45, 2.75) is 454 Å². The SMILES string of the molecule is C.CC(C)(C)CC1CCCOC1.CC(C)(C)CC1CN(CCO)CCO1.CC(C)(C)CC1CNCCO1.CC(C)(C)CC1CSCCN1.CC(C)(C)CCN1CCCC(=O)C1.CC(C)(C)CCN1CCCCC1.CC1CN(CCC(C)(C)C)CC(C)O1.CCC1CN(CCC(C)(C)C)CCN1.CCCCN1CCOC(CC(C)(C)C)C1.CN1CCN(CCCC(C)(C)C)CC1.CN1CCOC(CC(C)(C)C)C1. The molecule has 4 N–H and O–H groups in total. The summed E-state index contributed by atoms with van der Waals surface area (Å²) in [5, 5.41) is 19.3. The van der Waals surface area contributed by atoms with Crippen LogP contribution in [0.5, 0.6) is 0 Å². The Balaban J connectivity index is 0.00000154. The molecule has 852 valence electrons. The number of likely N-dealkylation sites (N-methyl/N-ethyl adjacent to an activating group) is 2. The fraction of sp³-hybridized carbons (Fsp3) is 0.992. The van der Waals surface area contributed by atoms with E-state index in [2.05, 4.69) is 342 Å². The van der Waals surface area contributed by atoms with Crippen LogP contribution in [0.25, 0.3) is 0 Å². The fourth-order valence-corrected chi connectivity index (χ4v) is 20.5. The van der Waals surface area contributed by atoms with Gasteiger partial charge in [-0.15, -0.1) is 0 Å². The first-order valence-electron chi connectivity index (χ1n) is 58.1. The number of piperazine rings is 2. The molecule has 11 aliphatic rings. The van der Waals surface area contributed by atoms with Crippen molar-refractivity contribution in [3.05, 3.63) is 0 Å². The lowest BCUT2D eigenvalue weighted by Gasteiger charge is -2.36. The highest BCUT2D eigenvalue weighted by molar-refractivity contribution is 7.99. The first kappa shape index (κ1) is 141. The molecular weight excluding hydrogens is 1780 g/mol. The van der Waals surface area contributed by atoms with Crippen molar-refractivity contribution in [1.29, 1.82) is 0 Å². The summed E-state index contributed by atoms with van der Waals surface area (Å²) in [7, 11) is 4.38. The minimum Gasteiger partial charge on any atom is -0.395 e. The second kappa shape index (κ2) is 73.6. The van der Waals surface area contributed by atoms with Gasteiger partial charge in [0.05, 0.1) is 76.2 Å². The van der Waals surface area contributed by atoms with E-state index in [0.29, 0.717) is 109 Å². The van der Waals surface area contributed by atoms with Crippen LogP contribution in [0.2, 0.25) is 0 Å². The smallest absolute Gasteiger partial charge is 0.146 e. The average Bonchev–Trinajstić information content (AvgIpc) is 0.886. The Morgan fingerprint density at radius 2 is 0.796 bits per heavy atom. The van der Waals surface area contributed by atoms with E-state index in [1.54, 1.807) is 0 Å². The molecule has 0 amide bonds. The van der Waals surface area contributed by atoms with E-state index in [0.717, 1.165) is 175 Å². The molecule has 11 heterocycles. The van der Waals surface area contributed by atoms with Crippen LogP contribution in [0.15, 0.2) is 0 Å². The molecular formula is C121H254N12O8S. The number of β-amino-alcohol motifs (C(OH)–C–C–N with tert-alkyl or cyclic N) is 1. The molecule has 0 aromatic carbocycles. The maximum absolute atomic E-state index is 11.2. The number of aliphatic hydroxyl groups is 1. The average molecular weight is 2040 g/mol. The molecule has 20 nitrogen and oxygen atoms in total. The number of likely N-dealkylation sites (tertiary alicyclic amines) is 2. The second-order valence-corrected chi connectivity index (χ2v) is 58.9. The monoisotopic (exact) mass is 2040 g/mol. The van der Waals surface area contributed by atoms with Gasteiger partial charge in [0.25, 0.3) is 0 Å². The molecule has 0 bridgehead atoms. The zero-order chi connectivity index (χ0) is 107. The minimum atomic E-state index is 0. The van der Waals surface area contributed by atoms with Crippen molar-refractivity contribution in [2.24, 2.45) is 65.5 Å². The summed E-state index contributed by atoms with van der Waals surface area (Å²) in [5.74, 6) is 3.83. The Bertz CT molecular complexity index is 2870. The number of Topliss-reactive ketones (excluding diaryl/α,β-unsaturated/α-hetero) is 1. The molecule has 0 aromatic heterocycles. The lowest BCUT2D eigenvalue weighted by atomic mass is 9.82. The van der Waals surface area contributed by atoms with Gasteiger partial charge in [0.1, 0.15) is 5.78 Å². The number of ketones is 1. The van der Waals surface area contributed by atoms with E-state index in [-0.39, 0.29) is 14.0 Å². The highest BCUT2D eigenvalue weighted by Gasteiger charge is 2.32. The van der Waals surface area contributed by atoms with Gasteiger partial charge < -0.3 is 74.0 Å². The van der Waals surface area contributed by atoms with Crippen LogP contribution in [0, 0.1) is 65.5 Å². The van der Waals surface area contributed by atoms with E-state index < -0.39 is 0 Å². The van der Waals surface area contributed by atoms with Crippen LogP contribution in [-0.2, 0) is 33.2 Å². The highest BCUT2D eigenvalue weighted by atomic mass is 32.2. The molecule has 9 atom stereocenters. The molecule has 11 aliphatic heterocycles. The molecule has 0 radical (unpaired) electrons. The molecule has 0 aromatic rings. The van der Waals surface area contributed by atoms with Crippen LogP contribution in [-0.4, -0.2) is 365 Å². The number of morpholine rings is 5. The summed E-state index contributed by atoms with van der Waals surface area (Å²) in [4.78, 5) is 33.4. The number of rotatable bonds is 23. The molecule has 11 rings (SSSR count). The van der Waals surface area contributed by atoms with Gasteiger partial charge in [-0.3, -0.25) is 24.4 Å². The number of carbonyl (C=O) groups excluding carboxylic acids is 1. The van der Waals surface area contributed by atoms with Gasteiger partial charge in [0, 0.05) is 168 Å². The van der Waals surface area contributed by atoms with E-state index >= 15 is 0 Å². The summed E-state index contributed by atoms with van der Waals surface area (Å²) >= 11 is 2.08. The Morgan fingerprint density at radius 1 is 0.366 bits per heavy atom. The number of aliphatic hydroxyl groups excluding tert-OH is 1. The number of hydrogen-bond acceptors (Lipinski definition) is 21. The zero-order valence-corrected chi connectivity index (χ0v) is 103. The summed E-state index contributed by atoms with van der Waals surface area (Å²) in [6, 6.07) is 1.48. The van der Waals surface area contributed by atoms with Gasteiger partial charge in [-0.25, -0.2) is 0 Å². The van der Waals surface area contributed by atoms with Gasteiger partial charge in [-0.1, -0.05) is 263 Å². The standard InChI is InChI=1S/C13H27NO.2C12H26N2.C12H25NO.C11H23NO2.C11H21NO.C11H23N.C10H21NO.C10H20O.C9H19NO.C9H19NS.CH4/c1-5-6-7-14-8-9-15-12(11-14)10-13(2,3)4;1-12(2,3)6-5-7-14-10-8-13(4)9-11-14;1-5-11-10-14(9-7-13-11)8-6-12(2,3)4;1-10-8-13(9-11(2)14-10)7-6-12(3,4)5;1-11(2,3)8-10-9-12(4-6-13)5-7-14-10;1-11(2,3)6-8-12-7-4-5-10(13)9-12;1-11(2,3)7-10-12-8-5-4-6-9-12;1-10(2,3)7-9-8-11(4)5-6-12-9;1-10(2,3)7-9-5-4-6-11-8-9;1-9(2,3)6-8-7-10-4-5-11-8;1-9(2,3)6-8-7-11-5-4-10-8;/h12H,5-11H2,1-4H3;5-11H2,1-4H3;11,13H,5-10H2,1-4H3;10-11H,6-9H2,1-5H3;10,13H,4-9H2,1-3H3;4-9H2,1-3H3;4-10H2,1-3H3;9H,5-8H2,1-4H3;9H,4-8H2,1-3H3;2*8,10H,4-7H2,1-3H3;1H4. The quantitative estimate of drug-likeness (QED) is 0.0765. The van der Waals surface area contributed by atoms with E-state index in [4.69, 9.17) is 33.5 Å². The zero-order valence-electron chi connectivity index (χ0n) is 102. The van der Waals surface area contributed by atoms with Gasteiger partial charge in [-0.05, 0) is 274 Å². The summed E-state index contributed by atoms with van der Waals surface area (Å²) in [6.07, 6.45) is 30.1. The number of carbonyl (C=O) groups is 1. The van der Waals surface area contributed by atoms with E-state index in [1.807, 2.05) is 0 Å². The maximum Gasteiger partial charge on any atom is 0.146 e. The van der Waals surface area contributed by atoms with Crippen molar-refractivity contribution in [3.8, 4) is 0 Å². The van der Waals surface area contributed by atoms with Crippen LogP contribution < -0.4 is 16.0 Å². The molecule has 0 spiro atoms. The Kier molecular flexibility index (Phi) is 73.2. The maximum atomic E-state index is 11.2. The van der Waals surface area contributed by atoms with Gasteiger partial charge in [-0.2, -0.15) is 11.8 Å². The predicted octanol–water partition coefficient (Wildman–Crippen LogP) is 24.5. The first-order chi connectivity index (χ1) is 65.1.